The highest BCUT2D eigenvalue weighted by Crippen LogP contribution is 2.26. The van der Waals surface area contributed by atoms with Crippen LogP contribution in [0.2, 0.25) is 0 Å². The molecule has 4 N–H and O–H groups in total. The summed E-state index contributed by atoms with van der Waals surface area (Å²) in [6.45, 7) is 3.54. The maximum atomic E-state index is 12.8. The molecule has 0 bridgehead atoms. The van der Waals surface area contributed by atoms with Gasteiger partial charge in [-0.2, -0.15) is 8.42 Å². The normalized spacial score (nSPS) is 21.2. The van der Waals surface area contributed by atoms with Gasteiger partial charge in [0.1, 0.15) is 30.5 Å². The zero-order valence-electron chi connectivity index (χ0n) is 37.1. The first-order valence-corrected chi connectivity index (χ1v) is 23.7. The summed E-state index contributed by atoms with van der Waals surface area (Å²) in [5.41, 5.74) is 0. The molecule has 0 aromatic heterocycles. The molecule has 62 heavy (non-hydrogen) atoms. The van der Waals surface area contributed by atoms with Crippen LogP contribution in [-0.2, 0) is 38.3 Å². The minimum absolute atomic E-state index is 0.0251. The molecule has 1 aliphatic heterocycles. The Morgan fingerprint density at radius 1 is 0.613 bits per heavy atom. The molecule has 1 heterocycles. The molecule has 0 amide bonds. The summed E-state index contributed by atoms with van der Waals surface area (Å²) in [4.78, 5) is 12.8. The molecular formula is C49H76O12S. The number of carbonyl (C=O) groups excluding carboxylic acids is 1. The zero-order valence-corrected chi connectivity index (χ0v) is 37.9. The number of rotatable bonds is 36. The van der Waals surface area contributed by atoms with Gasteiger partial charge >= 0.3 is 16.4 Å². The molecule has 13 heteroatoms. The van der Waals surface area contributed by atoms with Crippen molar-refractivity contribution in [2.75, 3.05) is 26.4 Å². The van der Waals surface area contributed by atoms with Crippen LogP contribution in [-0.4, -0.2) is 97.5 Å². The number of allylic oxidation sites excluding steroid dienone is 20. The third-order valence-corrected chi connectivity index (χ3v) is 9.56. The molecule has 0 aromatic rings. The van der Waals surface area contributed by atoms with E-state index in [9.17, 15) is 28.5 Å². The lowest BCUT2D eigenvalue weighted by Gasteiger charge is -2.41. The highest BCUT2D eigenvalue weighted by atomic mass is 32.3. The first-order valence-electron chi connectivity index (χ1n) is 22.3. The van der Waals surface area contributed by atoms with Crippen LogP contribution in [0.5, 0.6) is 0 Å². The van der Waals surface area contributed by atoms with Gasteiger partial charge in [0.25, 0.3) is 0 Å². The number of aliphatic hydroxyl groups is 3. The van der Waals surface area contributed by atoms with Gasteiger partial charge in [0.05, 0.1) is 19.8 Å². The van der Waals surface area contributed by atoms with Crippen LogP contribution in [0, 0.1) is 0 Å². The van der Waals surface area contributed by atoms with E-state index in [4.69, 9.17) is 23.5 Å². The lowest BCUT2D eigenvalue weighted by molar-refractivity contribution is -0.301. The number of hydrogen-bond donors (Lipinski definition) is 4. The number of ether oxygens (including phenoxy) is 4. The van der Waals surface area contributed by atoms with Crippen LogP contribution in [0.1, 0.15) is 117 Å². The lowest BCUT2D eigenvalue weighted by Crippen LogP contribution is -2.60. The molecule has 6 unspecified atom stereocenters. The highest BCUT2D eigenvalue weighted by molar-refractivity contribution is 7.80. The maximum Gasteiger partial charge on any atom is 0.397 e. The van der Waals surface area contributed by atoms with Crippen molar-refractivity contribution in [2.45, 2.75) is 153 Å². The van der Waals surface area contributed by atoms with E-state index >= 15 is 0 Å². The molecule has 0 saturated carbocycles. The first-order chi connectivity index (χ1) is 30.1. The summed E-state index contributed by atoms with van der Waals surface area (Å²) in [6, 6.07) is 0. The molecule has 1 fully saturated rings. The van der Waals surface area contributed by atoms with Crippen LogP contribution in [0.4, 0.5) is 0 Å². The van der Waals surface area contributed by atoms with E-state index in [1.54, 1.807) is 0 Å². The van der Waals surface area contributed by atoms with E-state index in [2.05, 4.69) is 127 Å². The number of unbranched alkanes of at least 4 members (excludes halogenated alkanes) is 3. The Kier molecular flexibility index (Phi) is 35.7. The van der Waals surface area contributed by atoms with Crippen LogP contribution < -0.4 is 0 Å². The van der Waals surface area contributed by atoms with Crippen LogP contribution in [0.25, 0.3) is 0 Å². The van der Waals surface area contributed by atoms with Gasteiger partial charge in [0, 0.05) is 13.0 Å². The van der Waals surface area contributed by atoms with Crippen molar-refractivity contribution >= 4 is 16.4 Å². The van der Waals surface area contributed by atoms with Crippen molar-refractivity contribution in [3.05, 3.63) is 122 Å². The van der Waals surface area contributed by atoms with Crippen LogP contribution in [0.15, 0.2) is 122 Å². The Bertz CT molecular complexity index is 1540. The smallest absolute Gasteiger partial charge is 0.397 e. The molecule has 0 aliphatic carbocycles. The Balaban J connectivity index is 2.49. The summed E-state index contributed by atoms with van der Waals surface area (Å²) in [5.74, 6) is -0.498. The molecule has 0 aromatic carbocycles. The first kappa shape index (κ1) is 56.5. The Labute approximate surface area is 372 Å². The molecule has 350 valence electrons. The third kappa shape index (κ3) is 32.2. The van der Waals surface area contributed by atoms with E-state index in [1.807, 2.05) is 12.2 Å². The second kappa shape index (κ2) is 39.1. The highest BCUT2D eigenvalue weighted by Gasteiger charge is 2.48. The average Bonchev–Trinajstić information content (AvgIpc) is 3.24. The van der Waals surface area contributed by atoms with Crippen molar-refractivity contribution in [2.24, 2.45) is 0 Å². The van der Waals surface area contributed by atoms with E-state index in [0.717, 1.165) is 89.9 Å². The standard InChI is InChI=1S/C49H76O12S/c1-3-5-7-9-11-13-15-17-18-19-20-21-22-23-24-25-27-29-31-33-35-37-39-57-41-43(42-58-49-47(53)48(61-62(54,55)56)46(52)44(40-50)60-49)59-45(51)38-36-34-32-30-28-26-16-14-12-10-8-6-4-2/h5-8,11-14,17-18,20-21,23-24,26-29,32,34,43-44,46-50,52-53H,3-4,9-10,15-16,19,22,25,30-31,33,35-42H2,1-2H3,(H,54,55,56)/b7-5-,8-6-,13-11-,14-12-,18-17-,21-20-,24-23-,28-26-,29-27-,34-32-. The van der Waals surface area contributed by atoms with Crippen molar-refractivity contribution < 1.29 is 56.2 Å². The lowest BCUT2D eigenvalue weighted by atomic mass is 9.99. The van der Waals surface area contributed by atoms with Crippen LogP contribution >= 0.6 is 0 Å². The molecule has 1 aliphatic rings. The second-order valence-electron chi connectivity index (χ2n) is 14.5. The fraction of sp³-hybridized carbons (Fsp3) is 0.571. The fourth-order valence-corrected chi connectivity index (χ4v) is 6.31. The maximum absolute atomic E-state index is 12.8. The van der Waals surface area contributed by atoms with Crippen molar-refractivity contribution in [1.82, 2.24) is 0 Å². The second-order valence-corrected chi connectivity index (χ2v) is 15.6. The summed E-state index contributed by atoms with van der Waals surface area (Å²) >= 11 is 0. The van der Waals surface area contributed by atoms with Gasteiger partial charge in [0.15, 0.2) is 6.29 Å². The summed E-state index contributed by atoms with van der Waals surface area (Å²) in [5, 5.41) is 30.6. The predicted octanol–water partition coefficient (Wildman–Crippen LogP) is 9.40. The third-order valence-electron chi connectivity index (χ3n) is 9.09. The van der Waals surface area contributed by atoms with Crippen molar-refractivity contribution in [1.29, 1.82) is 0 Å². The molecule has 12 nitrogen and oxygen atoms in total. The monoisotopic (exact) mass is 889 g/mol. The number of esters is 1. The summed E-state index contributed by atoms with van der Waals surface area (Å²) in [7, 11) is -5.08. The zero-order chi connectivity index (χ0) is 45.4. The predicted molar refractivity (Wildman–Crippen MR) is 247 cm³/mol. The van der Waals surface area contributed by atoms with Gasteiger partial charge in [0.2, 0.25) is 0 Å². The van der Waals surface area contributed by atoms with Crippen molar-refractivity contribution in [3.8, 4) is 0 Å². The number of hydrogen-bond acceptors (Lipinski definition) is 11. The van der Waals surface area contributed by atoms with Gasteiger partial charge in [-0.15, -0.1) is 0 Å². The Morgan fingerprint density at radius 3 is 1.52 bits per heavy atom. The van der Waals surface area contributed by atoms with Gasteiger partial charge in [-0.3, -0.25) is 9.35 Å². The Morgan fingerprint density at radius 2 is 1.06 bits per heavy atom. The number of aliphatic hydroxyl groups excluding tert-OH is 3. The molecule has 6 atom stereocenters. The summed E-state index contributed by atoms with van der Waals surface area (Å²) in [6.07, 6.45) is 46.9. The largest absolute Gasteiger partial charge is 0.457 e. The van der Waals surface area contributed by atoms with E-state index < -0.39 is 59.8 Å². The fourth-order valence-electron chi connectivity index (χ4n) is 5.80. The summed E-state index contributed by atoms with van der Waals surface area (Å²) < 4.78 is 58.9. The molecule has 1 saturated heterocycles. The van der Waals surface area contributed by atoms with E-state index in [0.29, 0.717) is 13.0 Å². The molecule has 1 rings (SSSR count). The minimum Gasteiger partial charge on any atom is -0.457 e. The van der Waals surface area contributed by atoms with Gasteiger partial charge in [-0.25, -0.2) is 4.18 Å². The topological polar surface area (TPSA) is 178 Å². The SMILES string of the molecule is CC/C=C\C/C=C\C/C=C\C/C=C\C/C=C\C/C=C\CCCCCOCC(COC1OC(CO)C(O)C(OS(=O)(=O)O)C1O)OC(=O)CC/C=C\C/C=C\C/C=C\C/C=C\CC. The quantitative estimate of drug-likeness (QED) is 0.0203. The molecule has 0 spiro atoms. The Hall–Kier alpha value is -3.50. The van der Waals surface area contributed by atoms with Gasteiger partial charge in [-0.1, -0.05) is 142 Å². The van der Waals surface area contributed by atoms with E-state index in [-0.39, 0.29) is 19.6 Å². The van der Waals surface area contributed by atoms with Gasteiger partial charge in [-0.05, 0) is 89.9 Å². The van der Waals surface area contributed by atoms with E-state index in [1.165, 1.54) is 0 Å². The number of carbonyl (C=O) groups is 1. The van der Waals surface area contributed by atoms with Crippen LogP contribution in [0.3, 0.4) is 0 Å². The average molecular weight is 889 g/mol. The minimum atomic E-state index is -5.08. The molecule has 0 radical (unpaired) electrons. The molecular weight excluding hydrogens is 813 g/mol. The van der Waals surface area contributed by atoms with Crippen molar-refractivity contribution in [3.63, 3.8) is 0 Å². The van der Waals surface area contributed by atoms with Gasteiger partial charge < -0.3 is 34.3 Å².